The van der Waals surface area contributed by atoms with Gasteiger partial charge in [-0.25, -0.2) is 0 Å². The van der Waals surface area contributed by atoms with Gasteiger partial charge in [0, 0.05) is 23.6 Å². The number of likely N-dealkylation sites (tertiary alicyclic amines) is 1. The third-order valence-electron chi connectivity index (χ3n) is 4.25. The lowest BCUT2D eigenvalue weighted by Crippen LogP contribution is -2.40. The molecule has 4 heteroatoms. The minimum atomic E-state index is 0.00756. The van der Waals surface area contributed by atoms with Crippen LogP contribution in [-0.2, 0) is 0 Å². The van der Waals surface area contributed by atoms with Crippen LogP contribution in [-0.4, -0.2) is 36.5 Å². The summed E-state index contributed by atoms with van der Waals surface area (Å²) in [5.41, 5.74) is 0.710. The van der Waals surface area contributed by atoms with Crippen LogP contribution in [0.15, 0.2) is 28.7 Å². The molecule has 1 fully saturated rings. The van der Waals surface area contributed by atoms with Crippen molar-refractivity contribution in [3.63, 3.8) is 0 Å². The summed E-state index contributed by atoms with van der Waals surface area (Å²) in [6.07, 6.45) is 6.28. The minimum absolute atomic E-state index is 0.00756. The molecule has 1 N–H and O–H groups in total. The van der Waals surface area contributed by atoms with E-state index in [4.69, 9.17) is 0 Å². The standard InChI is InChI=1S/C17H25BrN2O/c1-2-14-8-5-6-12-20(14)13-7-11-19-17(21)15-9-3-4-10-16(15)18/h3-4,9-10,14H,2,5-8,11-13H2,1H3,(H,19,21)/t14-/m0/s1. The molecule has 0 radical (unpaired) electrons. The lowest BCUT2D eigenvalue weighted by molar-refractivity contribution is 0.0946. The fourth-order valence-corrected chi connectivity index (χ4v) is 3.51. The summed E-state index contributed by atoms with van der Waals surface area (Å²) in [6, 6.07) is 8.30. The molecule has 0 saturated carbocycles. The average molecular weight is 353 g/mol. The number of carbonyl (C=O) groups is 1. The van der Waals surface area contributed by atoms with Gasteiger partial charge >= 0.3 is 0 Å². The molecule has 1 aromatic carbocycles. The molecule has 0 aromatic heterocycles. The Kier molecular flexibility index (Phi) is 6.71. The maximum atomic E-state index is 12.1. The number of amides is 1. The Labute approximate surface area is 136 Å². The van der Waals surface area contributed by atoms with E-state index in [9.17, 15) is 4.79 Å². The number of benzene rings is 1. The Hall–Kier alpha value is -0.870. The highest BCUT2D eigenvalue weighted by molar-refractivity contribution is 9.10. The first-order chi connectivity index (χ1) is 10.2. The molecule has 1 amide bonds. The quantitative estimate of drug-likeness (QED) is 0.789. The number of nitrogens with zero attached hydrogens (tertiary/aromatic N) is 1. The lowest BCUT2D eigenvalue weighted by atomic mass is 10.00. The van der Waals surface area contributed by atoms with Crippen LogP contribution >= 0.6 is 15.9 Å². The van der Waals surface area contributed by atoms with Crippen molar-refractivity contribution in [2.24, 2.45) is 0 Å². The molecule has 0 spiro atoms. The molecule has 1 aromatic rings. The molecule has 1 saturated heterocycles. The topological polar surface area (TPSA) is 32.3 Å². The van der Waals surface area contributed by atoms with Gasteiger partial charge in [-0.3, -0.25) is 4.79 Å². The van der Waals surface area contributed by atoms with Gasteiger partial charge in [-0.1, -0.05) is 25.5 Å². The van der Waals surface area contributed by atoms with E-state index in [1.54, 1.807) is 0 Å². The van der Waals surface area contributed by atoms with E-state index >= 15 is 0 Å². The molecule has 116 valence electrons. The molecule has 1 aliphatic rings. The van der Waals surface area contributed by atoms with Crippen molar-refractivity contribution in [1.82, 2.24) is 10.2 Å². The predicted molar refractivity (Wildman–Crippen MR) is 90.6 cm³/mol. The first kappa shape index (κ1) is 16.5. The van der Waals surface area contributed by atoms with Gasteiger partial charge in [0.2, 0.25) is 0 Å². The minimum Gasteiger partial charge on any atom is -0.352 e. The molecule has 0 unspecified atom stereocenters. The molecule has 2 rings (SSSR count). The van der Waals surface area contributed by atoms with Gasteiger partial charge in [0.1, 0.15) is 0 Å². The zero-order valence-corrected chi connectivity index (χ0v) is 14.4. The third-order valence-corrected chi connectivity index (χ3v) is 4.94. The van der Waals surface area contributed by atoms with Gasteiger partial charge < -0.3 is 10.2 Å². The summed E-state index contributed by atoms with van der Waals surface area (Å²) in [6.45, 7) is 5.33. The summed E-state index contributed by atoms with van der Waals surface area (Å²) >= 11 is 3.42. The highest BCUT2D eigenvalue weighted by Crippen LogP contribution is 2.19. The summed E-state index contributed by atoms with van der Waals surface area (Å²) in [5, 5.41) is 3.02. The predicted octanol–water partition coefficient (Wildman–Crippen LogP) is 3.83. The molecule has 0 aliphatic carbocycles. The highest BCUT2D eigenvalue weighted by atomic mass is 79.9. The Morgan fingerprint density at radius 3 is 2.95 bits per heavy atom. The normalized spacial score (nSPS) is 19.4. The molecule has 0 bridgehead atoms. The van der Waals surface area contributed by atoms with E-state index in [0.717, 1.165) is 30.0 Å². The molecule has 1 heterocycles. The van der Waals surface area contributed by atoms with Crippen LogP contribution in [0.25, 0.3) is 0 Å². The van der Waals surface area contributed by atoms with E-state index < -0.39 is 0 Å². The van der Waals surface area contributed by atoms with Crippen molar-refractivity contribution in [2.75, 3.05) is 19.6 Å². The smallest absolute Gasteiger partial charge is 0.252 e. The summed E-state index contributed by atoms with van der Waals surface area (Å²) in [4.78, 5) is 14.7. The fourth-order valence-electron chi connectivity index (χ4n) is 3.04. The van der Waals surface area contributed by atoms with Crippen LogP contribution in [0, 0.1) is 0 Å². The van der Waals surface area contributed by atoms with Gasteiger partial charge in [0.25, 0.3) is 5.91 Å². The number of halogens is 1. The Morgan fingerprint density at radius 2 is 2.19 bits per heavy atom. The first-order valence-electron chi connectivity index (χ1n) is 7.99. The van der Waals surface area contributed by atoms with Crippen LogP contribution in [0.2, 0.25) is 0 Å². The number of nitrogens with one attached hydrogen (secondary N) is 1. The van der Waals surface area contributed by atoms with E-state index in [1.807, 2.05) is 24.3 Å². The van der Waals surface area contributed by atoms with Crippen molar-refractivity contribution in [2.45, 2.75) is 45.1 Å². The fraction of sp³-hybridized carbons (Fsp3) is 0.588. The Morgan fingerprint density at radius 1 is 1.38 bits per heavy atom. The SMILES string of the molecule is CC[C@H]1CCCCN1CCCNC(=O)c1ccccc1Br. The maximum Gasteiger partial charge on any atom is 0.252 e. The number of piperidine rings is 1. The zero-order valence-electron chi connectivity index (χ0n) is 12.8. The second kappa shape index (κ2) is 8.54. The van der Waals surface area contributed by atoms with Crippen molar-refractivity contribution in [3.05, 3.63) is 34.3 Å². The first-order valence-corrected chi connectivity index (χ1v) is 8.78. The van der Waals surface area contributed by atoms with Crippen LogP contribution < -0.4 is 5.32 Å². The van der Waals surface area contributed by atoms with Crippen LogP contribution in [0.4, 0.5) is 0 Å². The molecule has 1 aliphatic heterocycles. The summed E-state index contributed by atoms with van der Waals surface area (Å²) < 4.78 is 0.851. The van der Waals surface area contributed by atoms with E-state index in [2.05, 4.69) is 33.1 Å². The lowest BCUT2D eigenvalue weighted by Gasteiger charge is -2.35. The van der Waals surface area contributed by atoms with Crippen LogP contribution in [0.3, 0.4) is 0 Å². The third kappa shape index (κ3) is 4.82. The summed E-state index contributed by atoms with van der Waals surface area (Å²) in [5.74, 6) is 0.00756. The number of hydrogen-bond donors (Lipinski definition) is 1. The van der Waals surface area contributed by atoms with Crippen LogP contribution in [0.5, 0.6) is 0 Å². The number of carbonyl (C=O) groups excluding carboxylic acids is 1. The maximum absolute atomic E-state index is 12.1. The van der Waals surface area contributed by atoms with E-state index in [1.165, 1.54) is 32.2 Å². The monoisotopic (exact) mass is 352 g/mol. The van der Waals surface area contributed by atoms with Crippen molar-refractivity contribution >= 4 is 21.8 Å². The zero-order chi connectivity index (χ0) is 15.1. The Balaban J connectivity index is 1.72. The highest BCUT2D eigenvalue weighted by Gasteiger charge is 2.19. The van der Waals surface area contributed by atoms with Gasteiger partial charge in [-0.05, 0) is 60.3 Å². The van der Waals surface area contributed by atoms with Crippen molar-refractivity contribution in [3.8, 4) is 0 Å². The number of rotatable bonds is 6. The summed E-state index contributed by atoms with van der Waals surface area (Å²) in [7, 11) is 0. The molecular weight excluding hydrogens is 328 g/mol. The van der Waals surface area contributed by atoms with E-state index in [0.29, 0.717) is 5.56 Å². The van der Waals surface area contributed by atoms with Gasteiger partial charge in [-0.15, -0.1) is 0 Å². The van der Waals surface area contributed by atoms with Gasteiger partial charge in [0.05, 0.1) is 5.56 Å². The van der Waals surface area contributed by atoms with Crippen LogP contribution in [0.1, 0.15) is 49.4 Å². The van der Waals surface area contributed by atoms with Crippen molar-refractivity contribution < 1.29 is 4.79 Å². The van der Waals surface area contributed by atoms with Gasteiger partial charge in [-0.2, -0.15) is 0 Å². The van der Waals surface area contributed by atoms with E-state index in [-0.39, 0.29) is 5.91 Å². The van der Waals surface area contributed by atoms with Gasteiger partial charge in [0.15, 0.2) is 0 Å². The van der Waals surface area contributed by atoms with Crippen molar-refractivity contribution in [1.29, 1.82) is 0 Å². The molecule has 1 atom stereocenters. The molecule has 3 nitrogen and oxygen atoms in total. The largest absolute Gasteiger partial charge is 0.352 e. The Bertz CT molecular complexity index is 464. The second-order valence-corrected chi connectivity index (χ2v) is 6.54. The number of hydrogen-bond acceptors (Lipinski definition) is 2. The average Bonchev–Trinajstić information content (AvgIpc) is 2.52. The molecular formula is C17H25BrN2O. The molecule has 21 heavy (non-hydrogen) atoms. The second-order valence-electron chi connectivity index (χ2n) is 5.68.